The van der Waals surface area contributed by atoms with Gasteiger partial charge in [0, 0.05) is 18.3 Å². The van der Waals surface area contributed by atoms with Gasteiger partial charge in [-0.05, 0) is 86.6 Å². The van der Waals surface area contributed by atoms with Gasteiger partial charge in [-0.15, -0.1) is 11.3 Å². The van der Waals surface area contributed by atoms with Crippen LogP contribution in [0.3, 0.4) is 0 Å². The Hall–Kier alpha value is -3.46. The average molecular weight is 678 g/mol. The highest BCUT2D eigenvalue weighted by Crippen LogP contribution is 2.53. The summed E-state index contributed by atoms with van der Waals surface area (Å²) in [4.78, 5) is 21.4. The number of rotatable bonds is 7. The van der Waals surface area contributed by atoms with Crippen molar-refractivity contribution < 1.29 is 30.8 Å². The van der Waals surface area contributed by atoms with Crippen LogP contribution in [0.15, 0.2) is 65.6 Å². The standard InChI is InChI=1S/C30H24ClF4N5O3S2/c31-19-2-10-26(36-15-19)45(42,43)40(22-8-9-22)23-5-1-18-11-24-17(14-38-39(24)21-6-3-20(32)4-7-21)12-29(18,13-23)27(41)28-37-16-25(44-28)30(33,34)35/h2-4,6-7,10-11,14-16,22-23H,1,5,8-9,12-13H2/t23-,29-/m0/s1. The van der Waals surface area contributed by atoms with Gasteiger partial charge in [0.05, 0.1) is 34.2 Å². The first-order chi connectivity index (χ1) is 21.4. The van der Waals surface area contributed by atoms with Crippen molar-refractivity contribution in [2.45, 2.75) is 61.8 Å². The Kier molecular flexibility index (Phi) is 7.26. The molecular formula is C30H24ClF4N5O3S2. The van der Waals surface area contributed by atoms with Gasteiger partial charge in [-0.2, -0.15) is 22.6 Å². The van der Waals surface area contributed by atoms with E-state index in [1.807, 2.05) is 6.08 Å². The molecule has 2 atom stereocenters. The molecule has 0 aliphatic heterocycles. The largest absolute Gasteiger partial charge is 0.427 e. The van der Waals surface area contributed by atoms with E-state index in [9.17, 15) is 30.8 Å². The molecule has 0 unspecified atom stereocenters. The number of carbonyl (C=O) groups excluding carboxylic acids is 1. The van der Waals surface area contributed by atoms with Crippen LogP contribution in [0.5, 0.6) is 0 Å². The highest BCUT2D eigenvalue weighted by molar-refractivity contribution is 7.89. The van der Waals surface area contributed by atoms with E-state index < -0.39 is 44.1 Å². The van der Waals surface area contributed by atoms with Crippen LogP contribution < -0.4 is 0 Å². The monoisotopic (exact) mass is 677 g/mol. The predicted molar refractivity (Wildman–Crippen MR) is 158 cm³/mol. The van der Waals surface area contributed by atoms with Crippen molar-refractivity contribution >= 4 is 44.8 Å². The Morgan fingerprint density at radius 2 is 1.78 bits per heavy atom. The van der Waals surface area contributed by atoms with Gasteiger partial charge < -0.3 is 0 Å². The van der Waals surface area contributed by atoms with Gasteiger partial charge in [0.15, 0.2) is 10.0 Å². The van der Waals surface area contributed by atoms with Crippen LogP contribution >= 0.6 is 22.9 Å². The number of aromatic nitrogens is 4. The molecule has 3 aliphatic rings. The summed E-state index contributed by atoms with van der Waals surface area (Å²) >= 11 is 6.24. The zero-order valence-corrected chi connectivity index (χ0v) is 25.7. The van der Waals surface area contributed by atoms with Crippen LogP contribution in [0.2, 0.25) is 5.02 Å². The summed E-state index contributed by atoms with van der Waals surface area (Å²) in [6, 6.07) is 7.63. The van der Waals surface area contributed by atoms with E-state index in [1.54, 1.807) is 23.0 Å². The molecule has 3 heterocycles. The lowest BCUT2D eigenvalue weighted by Crippen LogP contribution is -2.51. The molecule has 1 aromatic carbocycles. The second kappa shape index (κ2) is 10.8. The molecule has 0 amide bonds. The van der Waals surface area contributed by atoms with Gasteiger partial charge in [-0.1, -0.05) is 17.2 Å². The summed E-state index contributed by atoms with van der Waals surface area (Å²) < 4.78 is 85.2. The molecule has 0 bridgehead atoms. The van der Waals surface area contributed by atoms with Crippen molar-refractivity contribution in [1.82, 2.24) is 24.1 Å². The van der Waals surface area contributed by atoms with Crippen LogP contribution in [0, 0.1) is 11.2 Å². The number of nitrogens with zero attached hydrogens (tertiary/aromatic N) is 5. The quantitative estimate of drug-likeness (QED) is 0.159. The first kappa shape index (κ1) is 30.2. The van der Waals surface area contributed by atoms with Gasteiger partial charge in [0.25, 0.3) is 10.0 Å². The van der Waals surface area contributed by atoms with E-state index in [1.165, 1.54) is 34.8 Å². The van der Waals surface area contributed by atoms with Gasteiger partial charge in [0.2, 0.25) is 5.78 Å². The molecule has 0 N–H and O–H groups in total. The highest BCUT2D eigenvalue weighted by Gasteiger charge is 2.54. The minimum Gasteiger partial charge on any atom is -0.290 e. The van der Waals surface area contributed by atoms with E-state index >= 15 is 0 Å². The van der Waals surface area contributed by atoms with E-state index in [-0.39, 0.29) is 45.3 Å². The summed E-state index contributed by atoms with van der Waals surface area (Å²) in [5, 5.41) is 4.31. The third kappa shape index (κ3) is 5.30. The number of Topliss-reactive ketones (excluding diaryl/α,β-unsaturated/α-hetero) is 1. The molecule has 15 heteroatoms. The Bertz CT molecular complexity index is 1940. The van der Waals surface area contributed by atoms with Gasteiger partial charge in [0.1, 0.15) is 10.7 Å². The second-order valence-corrected chi connectivity index (χ2v) is 14.8. The van der Waals surface area contributed by atoms with Crippen molar-refractivity contribution in [2.75, 3.05) is 0 Å². The number of allylic oxidation sites excluding steroid dienone is 1. The van der Waals surface area contributed by atoms with Crippen molar-refractivity contribution in [3.8, 4) is 5.69 Å². The maximum Gasteiger partial charge on any atom is 0.427 e. The number of benzene rings is 1. The number of fused-ring (bicyclic) bond motifs is 2. The normalized spacial score (nSPS) is 21.7. The number of hydrogen-bond donors (Lipinski definition) is 0. The maximum atomic E-state index is 14.4. The Morgan fingerprint density at radius 3 is 2.42 bits per heavy atom. The number of alkyl halides is 3. The van der Waals surface area contributed by atoms with E-state index in [4.69, 9.17) is 11.6 Å². The predicted octanol–water partition coefficient (Wildman–Crippen LogP) is 6.75. The molecule has 4 aromatic rings. The molecule has 3 aliphatic carbocycles. The summed E-state index contributed by atoms with van der Waals surface area (Å²) in [6.07, 6.45) is 2.77. The fraction of sp³-hybridized carbons (Fsp3) is 0.333. The van der Waals surface area contributed by atoms with Crippen LogP contribution in [0.25, 0.3) is 11.8 Å². The molecule has 3 aromatic heterocycles. The van der Waals surface area contributed by atoms with E-state index in [2.05, 4.69) is 15.1 Å². The van der Waals surface area contributed by atoms with Crippen LogP contribution in [0.4, 0.5) is 17.6 Å². The van der Waals surface area contributed by atoms with Crippen molar-refractivity contribution in [3.05, 3.63) is 92.5 Å². The summed E-state index contributed by atoms with van der Waals surface area (Å²) in [6.45, 7) is 0. The molecule has 45 heavy (non-hydrogen) atoms. The fourth-order valence-electron chi connectivity index (χ4n) is 6.45. The second-order valence-electron chi connectivity index (χ2n) is 11.5. The zero-order chi connectivity index (χ0) is 31.7. The molecular weight excluding hydrogens is 654 g/mol. The van der Waals surface area contributed by atoms with Crippen LogP contribution in [-0.2, 0) is 22.6 Å². The topological polar surface area (TPSA) is 98.0 Å². The molecule has 0 radical (unpaired) electrons. The van der Waals surface area contributed by atoms with Gasteiger partial charge in [-0.25, -0.2) is 27.5 Å². The molecule has 7 rings (SSSR count). The first-order valence-corrected chi connectivity index (χ1v) is 16.8. The number of thiazole rings is 1. The number of ketones is 1. The SMILES string of the molecule is O=C(c1ncc(C(F)(F)F)s1)[C@]12Cc3cnn(-c4ccc(F)cc4)c3C=C1CC[C@H](N(C1CC1)S(=O)(=O)c1ccc(Cl)cn1)C2. The van der Waals surface area contributed by atoms with Crippen LogP contribution in [-0.4, -0.2) is 50.3 Å². The summed E-state index contributed by atoms with van der Waals surface area (Å²) in [5.41, 5.74) is 1.24. The zero-order valence-electron chi connectivity index (χ0n) is 23.3. The Balaban J connectivity index is 1.32. The number of halogens is 5. The van der Waals surface area contributed by atoms with Crippen molar-refractivity contribution in [2.24, 2.45) is 5.41 Å². The molecule has 8 nitrogen and oxygen atoms in total. The average Bonchev–Trinajstić information content (AvgIpc) is 3.52. The maximum absolute atomic E-state index is 14.4. The van der Waals surface area contributed by atoms with Crippen molar-refractivity contribution in [1.29, 1.82) is 0 Å². The third-order valence-corrected chi connectivity index (χ3v) is 11.8. The van der Waals surface area contributed by atoms with E-state index in [0.29, 0.717) is 54.4 Å². The molecule has 2 saturated carbocycles. The number of carbonyl (C=O) groups is 1. The highest BCUT2D eigenvalue weighted by atomic mass is 35.5. The number of sulfonamides is 1. The Labute approximate surface area is 264 Å². The fourth-order valence-corrected chi connectivity index (χ4v) is 9.20. The lowest BCUT2D eigenvalue weighted by atomic mass is 9.61. The molecule has 2 fully saturated rings. The van der Waals surface area contributed by atoms with Gasteiger partial charge in [-0.3, -0.25) is 4.79 Å². The lowest BCUT2D eigenvalue weighted by molar-refractivity contribution is -0.134. The first-order valence-electron chi connectivity index (χ1n) is 14.1. The third-order valence-electron chi connectivity index (χ3n) is 8.63. The molecule has 0 saturated heterocycles. The number of pyridine rings is 1. The van der Waals surface area contributed by atoms with Gasteiger partial charge >= 0.3 is 6.18 Å². The van der Waals surface area contributed by atoms with Crippen LogP contribution in [0.1, 0.15) is 58.0 Å². The van der Waals surface area contributed by atoms with Crippen molar-refractivity contribution in [3.63, 3.8) is 0 Å². The minimum absolute atomic E-state index is 0.0447. The smallest absolute Gasteiger partial charge is 0.290 e. The van der Waals surface area contributed by atoms with E-state index in [0.717, 1.165) is 0 Å². The lowest BCUT2D eigenvalue weighted by Gasteiger charge is -2.46. The number of hydrogen-bond acceptors (Lipinski definition) is 7. The Morgan fingerprint density at radius 1 is 1.02 bits per heavy atom. The summed E-state index contributed by atoms with van der Waals surface area (Å²) in [7, 11) is -4.10. The molecule has 0 spiro atoms. The molecule has 234 valence electrons. The minimum atomic E-state index is -4.67. The summed E-state index contributed by atoms with van der Waals surface area (Å²) in [5.74, 6) is -0.997.